The maximum Gasteiger partial charge on any atom is 0.197 e. The lowest BCUT2D eigenvalue weighted by Gasteiger charge is -2.03. The first-order valence-corrected chi connectivity index (χ1v) is 5.04. The summed E-state index contributed by atoms with van der Waals surface area (Å²) < 4.78 is -0.124. The summed E-state index contributed by atoms with van der Waals surface area (Å²) in [5, 5.41) is 11.5. The van der Waals surface area contributed by atoms with Gasteiger partial charge in [0.15, 0.2) is 4.63 Å². The van der Waals surface area contributed by atoms with E-state index in [2.05, 4.69) is 4.99 Å². The Balaban J connectivity index is 2.70. The van der Waals surface area contributed by atoms with E-state index >= 15 is 0 Å². The molecule has 0 fully saturated rings. The number of hydrogen-bond acceptors (Lipinski definition) is 2. The van der Waals surface area contributed by atoms with Gasteiger partial charge in [-0.2, -0.15) is 0 Å². The molecule has 0 saturated heterocycles. The molecular weight excluding hydrogens is 233 g/mol. The molecule has 0 aliphatic carbocycles. The zero-order valence-electron chi connectivity index (χ0n) is 7.61. The number of aliphatic imine (C=N–C) groups is 1. The molecule has 0 bridgehead atoms. The SMILES string of the molecule is Oc1c(N=C(Cl)Cl)ccc2ccccc12. The minimum absolute atomic E-state index is 0.0897. The van der Waals surface area contributed by atoms with Gasteiger partial charge in [0.25, 0.3) is 0 Å². The van der Waals surface area contributed by atoms with Gasteiger partial charge in [0.05, 0.1) is 0 Å². The van der Waals surface area contributed by atoms with Gasteiger partial charge in [0, 0.05) is 5.39 Å². The maximum absolute atomic E-state index is 9.87. The smallest absolute Gasteiger partial charge is 0.197 e. The van der Waals surface area contributed by atoms with E-state index in [0.717, 1.165) is 10.8 Å². The van der Waals surface area contributed by atoms with Gasteiger partial charge in [-0.1, -0.05) is 30.3 Å². The van der Waals surface area contributed by atoms with Gasteiger partial charge in [0.2, 0.25) is 0 Å². The van der Waals surface area contributed by atoms with Gasteiger partial charge in [0.1, 0.15) is 11.4 Å². The Morgan fingerprint density at radius 3 is 2.53 bits per heavy atom. The summed E-state index contributed by atoms with van der Waals surface area (Å²) in [7, 11) is 0. The van der Waals surface area contributed by atoms with Gasteiger partial charge in [-0.25, -0.2) is 4.99 Å². The summed E-state index contributed by atoms with van der Waals surface area (Å²) >= 11 is 10.9. The molecule has 2 aromatic carbocycles. The molecule has 2 aromatic rings. The molecule has 0 radical (unpaired) electrons. The lowest BCUT2D eigenvalue weighted by atomic mass is 10.1. The van der Waals surface area contributed by atoms with Crippen molar-refractivity contribution in [3.8, 4) is 5.75 Å². The number of halogens is 2. The molecule has 15 heavy (non-hydrogen) atoms. The second-order valence-corrected chi connectivity index (χ2v) is 3.92. The Morgan fingerprint density at radius 2 is 1.80 bits per heavy atom. The van der Waals surface area contributed by atoms with Crippen molar-refractivity contribution in [3.63, 3.8) is 0 Å². The third-order valence-corrected chi connectivity index (χ3v) is 2.25. The van der Waals surface area contributed by atoms with E-state index in [1.54, 1.807) is 6.07 Å². The third kappa shape index (κ3) is 2.06. The molecule has 76 valence electrons. The molecule has 0 aromatic heterocycles. The number of phenolic OH excluding ortho intramolecular Hbond substituents is 1. The Bertz CT molecular complexity index is 533. The minimum Gasteiger partial charge on any atom is -0.505 e. The molecule has 0 heterocycles. The van der Waals surface area contributed by atoms with Gasteiger partial charge >= 0.3 is 0 Å². The number of fused-ring (bicyclic) bond motifs is 1. The van der Waals surface area contributed by atoms with E-state index in [1.165, 1.54) is 0 Å². The van der Waals surface area contributed by atoms with E-state index in [-0.39, 0.29) is 10.4 Å². The predicted octanol–water partition coefficient (Wildman–Crippen LogP) is 4.01. The monoisotopic (exact) mass is 239 g/mol. The van der Waals surface area contributed by atoms with E-state index < -0.39 is 0 Å². The number of nitrogens with zero attached hydrogens (tertiary/aromatic N) is 1. The number of benzene rings is 2. The zero-order chi connectivity index (χ0) is 10.8. The molecule has 0 saturated carbocycles. The molecular formula is C11H7Cl2NO. The zero-order valence-corrected chi connectivity index (χ0v) is 9.13. The Hall–Kier alpha value is -1.25. The first-order chi connectivity index (χ1) is 7.18. The van der Waals surface area contributed by atoms with Crippen LogP contribution < -0.4 is 0 Å². The van der Waals surface area contributed by atoms with Crippen LogP contribution in [0, 0.1) is 0 Å². The summed E-state index contributed by atoms with van der Waals surface area (Å²) in [5.74, 6) is 0.0897. The second kappa shape index (κ2) is 4.09. The minimum atomic E-state index is -0.124. The lowest BCUT2D eigenvalue weighted by molar-refractivity contribution is 0.483. The van der Waals surface area contributed by atoms with Crippen molar-refractivity contribution >= 4 is 44.3 Å². The molecule has 0 amide bonds. The van der Waals surface area contributed by atoms with Crippen molar-refractivity contribution in [2.75, 3.05) is 0 Å². The third-order valence-electron chi connectivity index (χ3n) is 2.08. The summed E-state index contributed by atoms with van der Waals surface area (Å²) in [4.78, 5) is 3.81. The molecule has 0 aliphatic heterocycles. The fraction of sp³-hybridized carbons (Fsp3) is 0. The van der Waals surface area contributed by atoms with Crippen LogP contribution in [0.2, 0.25) is 0 Å². The van der Waals surface area contributed by atoms with E-state index in [4.69, 9.17) is 23.2 Å². The molecule has 0 atom stereocenters. The standard InChI is InChI=1S/C11H7Cl2NO/c12-11(13)14-9-6-5-7-3-1-2-4-8(7)10(9)15/h1-6,15H. The van der Waals surface area contributed by atoms with Gasteiger partial charge in [-0.3, -0.25) is 0 Å². The Morgan fingerprint density at radius 1 is 1.07 bits per heavy atom. The fourth-order valence-electron chi connectivity index (χ4n) is 1.42. The van der Waals surface area contributed by atoms with Gasteiger partial charge in [-0.15, -0.1) is 0 Å². The maximum atomic E-state index is 9.87. The predicted molar refractivity (Wildman–Crippen MR) is 64.4 cm³/mol. The molecule has 4 heteroatoms. The average molecular weight is 240 g/mol. The van der Waals surface area contributed by atoms with Gasteiger partial charge < -0.3 is 5.11 Å². The van der Waals surface area contributed by atoms with Crippen LogP contribution in [0.3, 0.4) is 0 Å². The summed E-state index contributed by atoms with van der Waals surface area (Å²) in [6, 6.07) is 11.0. The summed E-state index contributed by atoms with van der Waals surface area (Å²) in [6.45, 7) is 0. The summed E-state index contributed by atoms with van der Waals surface area (Å²) in [5.41, 5.74) is 0.369. The van der Waals surface area contributed by atoms with Crippen molar-refractivity contribution in [1.82, 2.24) is 0 Å². The molecule has 2 rings (SSSR count). The quantitative estimate of drug-likeness (QED) is 0.750. The van der Waals surface area contributed by atoms with Crippen LogP contribution in [0.5, 0.6) is 5.75 Å². The number of rotatable bonds is 1. The Labute approximate surface area is 96.8 Å². The van der Waals surface area contributed by atoms with Gasteiger partial charge in [-0.05, 0) is 34.7 Å². The highest BCUT2D eigenvalue weighted by Gasteiger charge is 2.04. The van der Waals surface area contributed by atoms with Crippen molar-refractivity contribution in [2.45, 2.75) is 0 Å². The van der Waals surface area contributed by atoms with E-state index in [0.29, 0.717) is 5.69 Å². The molecule has 0 spiro atoms. The topological polar surface area (TPSA) is 32.6 Å². The first kappa shape index (κ1) is 10.3. The number of aromatic hydroxyl groups is 1. The van der Waals surface area contributed by atoms with E-state index in [1.807, 2.05) is 30.3 Å². The van der Waals surface area contributed by atoms with Crippen LogP contribution in [0.15, 0.2) is 41.4 Å². The van der Waals surface area contributed by atoms with Crippen molar-refractivity contribution < 1.29 is 5.11 Å². The number of phenols is 1. The normalized spacial score (nSPS) is 10.3. The van der Waals surface area contributed by atoms with Crippen LogP contribution in [-0.4, -0.2) is 9.74 Å². The second-order valence-electron chi connectivity index (χ2n) is 3.01. The van der Waals surface area contributed by atoms with Crippen molar-refractivity contribution in [1.29, 1.82) is 0 Å². The Kier molecular flexibility index (Phi) is 2.80. The highest BCUT2D eigenvalue weighted by molar-refractivity contribution is 6.95. The van der Waals surface area contributed by atoms with Crippen LogP contribution in [0.25, 0.3) is 10.8 Å². The van der Waals surface area contributed by atoms with E-state index in [9.17, 15) is 5.11 Å². The van der Waals surface area contributed by atoms with Crippen LogP contribution in [-0.2, 0) is 0 Å². The lowest BCUT2D eigenvalue weighted by Crippen LogP contribution is -1.76. The summed E-state index contributed by atoms with van der Waals surface area (Å²) in [6.07, 6.45) is 0. The molecule has 0 unspecified atom stereocenters. The highest BCUT2D eigenvalue weighted by Crippen LogP contribution is 2.34. The highest BCUT2D eigenvalue weighted by atomic mass is 35.5. The fourth-order valence-corrected chi connectivity index (χ4v) is 1.61. The number of hydrogen-bond donors (Lipinski definition) is 1. The van der Waals surface area contributed by atoms with Crippen LogP contribution >= 0.6 is 23.2 Å². The molecule has 1 N–H and O–H groups in total. The molecule has 0 aliphatic rings. The average Bonchev–Trinajstić information content (AvgIpc) is 2.22. The largest absolute Gasteiger partial charge is 0.505 e. The van der Waals surface area contributed by atoms with Crippen molar-refractivity contribution in [3.05, 3.63) is 36.4 Å². The van der Waals surface area contributed by atoms with Crippen molar-refractivity contribution in [2.24, 2.45) is 4.99 Å². The first-order valence-electron chi connectivity index (χ1n) is 4.29. The van der Waals surface area contributed by atoms with Crippen LogP contribution in [0.4, 0.5) is 5.69 Å². The van der Waals surface area contributed by atoms with Crippen LogP contribution in [0.1, 0.15) is 0 Å². The molecule has 2 nitrogen and oxygen atoms in total.